The lowest BCUT2D eigenvalue weighted by atomic mass is 9.99. The molecule has 1 aromatic heterocycles. The smallest absolute Gasteiger partial charge is 0.237 e. The second kappa shape index (κ2) is 8.82. The Morgan fingerprint density at radius 1 is 1.35 bits per heavy atom. The summed E-state index contributed by atoms with van der Waals surface area (Å²) >= 11 is 1.59. The van der Waals surface area contributed by atoms with Crippen LogP contribution in [0.2, 0.25) is 0 Å². The molecule has 0 bridgehead atoms. The fourth-order valence-electron chi connectivity index (χ4n) is 4.02. The first-order chi connectivity index (χ1) is 12.5. The van der Waals surface area contributed by atoms with Crippen molar-refractivity contribution in [3.63, 3.8) is 0 Å². The Balaban J connectivity index is 1.71. The summed E-state index contributed by atoms with van der Waals surface area (Å²) in [5.41, 5.74) is 0. The number of hydrogen-bond acceptors (Lipinski definition) is 6. The number of carbonyl (C=O) groups excluding carboxylic acids is 1. The molecular formula is C18H28N2O4S2. The normalized spacial score (nSPS) is 26.0. The quantitative estimate of drug-likeness (QED) is 0.751. The number of rotatable bonds is 7. The summed E-state index contributed by atoms with van der Waals surface area (Å²) in [6, 6.07) is 3.96. The molecule has 3 rings (SSSR count). The van der Waals surface area contributed by atoms with E-state index in [2.05, 4.69) is 4.90 Å². The first-order valence-corrected chi connectivity index (χ1v) is 12.1. The summed E-state index contributed by atoms with van der Waals surface area (Å²) in [5, 5.41) is 11.3. The number of likely N-dealkylation sites (tertiary alicyclic amines) is 1. The molecule has 0 radical (unpaired) electrons. The number of hydrogen-bond donors (Lipinski definition) is 1. The molecule has 1 aromatic rings. The number of nitrogens with zero attached hydrogens (tertiary/aromatic N) is 2. The van der Waals surface area contributed by atoms with Crippen molar-refractivity contribution in [2.24, 2.45) is 0 Å². The summed E-state index contributed by atoms with van der Waals surface area (Å²) in [6.45, 7) is 1.79. The van der Waals surface area contributed by atoms with Gasteiger partial charge in [-0.15, -0.1) is 11.3 Å². The van der Waals surface area contributed by atoms with Gasteiger partial charge in [-0.3, -0.25) is 9.69 Å². The molecule has 6 nitrogen and oxygen atoms in total. The van der Waals surface area contributed by atoms with Crippen molar-refractivity contribution in [1.82, 2.24) is 9.80 Å². The van der Waals surface area contributed by atoms with Crippen LogP contribution in [-0.2, 0) is 21.2 Å². The molecule has 2 aliphatic heterocycles. The van der Waals surface area contributed by atoms with Crippen molar-refractivity contribution in [2.75, 3.05) is 31.2 Å². The number of aliphatic hydroxyl groups is 1. The van der Waals surface area contributed by atoms with E-state index in [1.54, 1.807) is 16.2 Å². The lowest BCUT2D eigenvalue weighted by Crippen LogP contribution is -2.49. The van der Waals surface area contributed by atoms with Crippen molar-refractivity contribution < 1.29 is 18.3 Å². The summed E-state index contributed by atoms with van der Waals surface area (Å²) in [6.07, 6.45) is 4.43. The van der Waals surface area contributed by atoms with Crippen LogP contribution < -0.4 is 0 Å². The largest absolute Gasteiger partial charge is 0.396 e. The molecule has 0 aromatic carbocycles. The molecule has 8 heteroatoms. The van der Waals surface area contributed by atoms with Gasteiger partial charge in [-0.1, -0.05) is 12.5 Å². The number of thiophene rings is 1. The van der Waals surface area contributed by atoms with Gasteiger partial charge in [0.1, 0.15) is 0 Å². The minimum Gasteiger partial charge on any atom is -0.396 e. The maximum absolute atomic E-state index is 13.1. The van der Waals surface area contributed by atoms with Gasteiger partial charge in [0, 0.05) is 23.6 Å². The number of carbonyl (C=O) groups is 1. The lowest BCUT2D eigenvalue weighted by molar-refractivity contribution is -0.136. The molecule has 2 saturated heterocycles. The van der Waals surface area contributed by atoms with Crippen LogP contribution in [0.15, 0.2) is 17.5 Å². The molecule has 2 aliphatic rings. The van der Waals surface area contributed by atoms with Gasteiger partial charge in [0.15, 0.2) is 9.84 Å². The van der Waals surface area contributed by atoms with Crippen molar-refractivity contribution in [1.29, 1.82) is 0 Å². The van der Waals surface area contributed by atoms with E-state index >= 15 is 0 Å². The van der Waals surface area contributed by atoms with Gasteiger partial charge in [0.2, 0.25) is 5.91 Å². The Morgan fingerprint density at radius 3 is 2.85 bits per heavy atom. The van der Waals surface area contributed by atoms with Crippen molar-refractivity contribution in [2.45, 2.75) is 50.7 Å². The zero-order chi connectivity index (χ0) is 18.6. The SMILES string of the molecule is O=C(CN1CCCCC1CCO)N(Cc1cccs1)C1CCS(=O)(=O)C1. The van der Waals surface area contributed by atoms with Crippen LogP contribution in [-0.4, -0.2) is 72.5 Å². The van der Waals surface area contributed by atoms with Gasteiger partial charge in [-0.25, -0.2) is 8.42 Å². The van der Waals surface area contributed by atoms with E-state index < -0.39 is 9.84 Å². The van der Waals surface area contributed by atoms with Crippen molar-refractivity contribution in [3.8, 4) is 0 Å². The van der Waals surface area contributed by atoms with E-state index in [0.29, 0.717) is 25.9 Å². The van der Waals surface area contributed by atoms with Crippen LogP contribution in [0.5, 0.6) is 0 Å². The number of sulfone groups is 1. The highest BCUT2D eigenvalue weighted by Crippen LogP contribution is 2.24. The van der Waals surface area contributed by atoms with Crippen molar-refractivity contribution in [3.05, 3.63) is 22.4 Å². The standard InChI is InChI=1S/C18H28N2O4S2/c21-9-6-15-4-1-2-8-19(15)13-18(22)20(12-17-5-3-10-25-17)16-7-11-26(23,24)14-16/h3,5,10,15-16,21H,1-2,4,6-9,11-14H2. The molecule has 0 spiro atoms. The second-order valence-corrected chi connectivity index (χ2v) is 10.6. The van der Waals surface area contributed by atoms with Gasteiger partial charge in [0.05, 0.1) is 24.6 Å². The third-order valence-corrected chi connectivity index (χ3v) is 8.04. The molecule has 1 N–H and O–H groups in total. The van der Waals surface area contributed by atoms with E-state index in [1.165, 1.54) is 0 Å². The fourth-order valence-corrected chi connectivity index (χ4v) is 6.45. The maximum atomic E-state index is 13.1. The predicted molar refractivity (Wildman–Crippen MR) is 103 cm³/mol. The molecule has 2 fully saturated rings. The van der Waals surface area contributed by atoms with Gasteiger partial charge in [-0.2, -0.15) is 0 Å². The molecule has 26 heavy (non-hydrogen) atoms. The molecule has 0 saturated carbocycles. The van der Waals surface area contributed by atoms with Gasteiger partial charge in [-0.05, 0) is 43.7 Å². The van der Waals surface area contributed by atoms with E-state index in [-0.39, 0.29) is 36.1 Å². The van der Waals surface area contributed by atoms with E-state index in [9.17, 15) is 18.3 Å². The first kappa shape index (κ1) is 19.8. The highest BCUT2D eigenvalue weighted by atomic mass is 32.2. The molecule has 0 aliphatic carbocycles. The third-order valence-electron chi connectivity index (χ3n) is 5.43. The number of piperidine rings is 1. The van der Waals surface area contributed by atoms with Crippen LogP contribution in [0.4, 0.5) is 0 Å². The molecular weight excluding hydrogens is 372 g/mol. The maximum Gasteiger partial charge on any atom is 0.237 e. The highest BCUT2D eigenvalue weighted by molar-refractivity contribution is 7.91. The van der Waals surface area contributed by atoms with E-state index in [0.717, 1.165) is 30.7 Å². The summed E-state index contributed by atoms with van der Waals surface area (Å²) in [4.78, 5) is 18.1. The molecule has 1 amide bonds. The van der Waals surface area contributed by atoms with E-state index in [4.69, 9.17) is 0 Å². The topological polar surface area (TPSA) is 77.9 Å². The van der Waals surface area contributed by atoms with Crippen LogP contribution in [0.3, 0.4) is 0 Å². The summed E-state index contributed by atoms with van der Waals surface area (Å²) < 4.78 is 23.8. The Kier molecular flexibility index (Phi) is 6.71. The molecule has 2 unspecified atom stereocenters. The average molecular weight is 401 g/mol. The van der Waals surface area contributed by atoms with Crippen LogP contribution in [0, 0.1) is 0 Å². The minimum absolute atomic E-state index is 0.00494. The number of aliphatic hydroxyl groups excluding tert-OH is 1. The average Bonchev–Trinajstić information content (AvgIpc) is 3.23. The Labute approximate surface area is 159 Å². The van der Waals surface area contributed by atoms with E-state index in [1.807, 2.05) is 17.5 Å². The fraction of sp³-hybridized carbons (Fsp3) is 0.722. The molecule has 146 valence electrons. The lowest BCUT2D eigenvalue weighted by Gasteiger charge is -2.37. The summed E-state index contributed by atoms with van der Waals surface area (Å²) in [7, 11) is -3.04. The molecule has 3 heterocycles. The van der Waals surface area contributed by atoms with Crippen molar-refractivity contribution >= 4 is 27.1 Å². The minimum atomic E-state index is -3.04. The third kappa shape index (κ3) is 5.06. The van der Waals surface area contributed by atoms with Gasteiger partial charge < -0.3 is 10.0 Å². The second-order valence-electron chi connectivity index (χ2n) is 7.29. The highest BCUT2D eigenvalue weighted by Gasteiger charge is 2.36. The van der Waals surface area contributed by atoms with Gasteiger partial charge >= 0.3 is 0 Å². The predicted octanol–water partition coefficient (Wildman–Crippen LogP) is 1.50. The number of amides is 1. The Hall–Kier alpha value is -0.960. The van der Waals surface area contributed by atoms with Crippen LogP contribution >= 0.6 is 11.3 Å². The Morgan fingerprint density at radius 2 is 2.19 bits per heavy atom. The zero-order valence-electron chi connectivity index (χ0n) is 15.0. The van der Waals surface area contributed by atoms with Crippen LogP contribution in [0.25, 0.3) is 0 Å². The van der Waals surface area contributed by atoms with Gasteiger partial charge in [0.25, 0.3) is 0 Å². The monoisotopic (exact) mass is 400 g/mol. The summed E-state index contributed by atoms with van der Waals surface area (Å²) in [5.74, 6) is 0.248. The molecule has 2 atom stereocenters. The zero-order valence-corrected chi connectivity index (χ0v) is 16.7. The van der Waals surface area contributed by atoms with Crippen LogP contribution in [0.1, 0.15) is 37.0 Å². The first-order valence-electron chi connectivity index (χ1n) is 9.35. The Bertz CT molecular complexity index is 688.